The van der Waals surface area contributed by atoms with Gasteiger partial charge >= 0.3 is 0 Å². The minimum Gasteiger partial charge on any atom is -0.444 e. The molecule has 2 aromatic rings. The Kier molecular flexibility index (Phi) is 2.19. The van der Waals surface area contributed by atoms with Crippen LogP contribution in [-0.4, -0.2) is 0 Å². The van der Waals surface area contributed by atoms with Crippen molar-refractivity contribution < 1.29 is 4.74 Å². The Labute approximate surface area is 80.6 Å². The van der Waals surface area contributed by atoms with E-state index in [-0.39, 0.29) is 0 Å². The second-order valence-electron chi connectivity index (χ2n) is 2.58. The van der Waals surface area contributed by atoms with E-state index in [4.69, 9.17) is 10.5 Å². The number of nitrogens with two attached hydrogens (primary N) is 1. The molecule has 0 amide bonds. The smallest absolute Gasteiger partial charge is 0.203 e. The molecule has 0 bridgehead atoms. The highest BCUT2D eigenvalue weighted by molar-refractivity contribution is 7.12. The van der Waals surface area contributed by atoms with E-state index >= 15 is 0 Å². The van der Waals surface area contributed by atoms with Gasteiger partial charge in [-0.3, -0.25) is 0 Å². The van der Waals surface area contributed by atoms with Crippen LogP contribution in [0.25, 0.3) is 0 Å². The van der Waals surface area contributed by atoms with Gasteiger partial charge in [-0.2, -0.15) is 0 Å². The molecule has 1 heterocycles. The van der Waals surface area contributed by atoms with Gasteiger partial charge in [0.1, 0.15) is 5.75 Å². The van der Waals surface area contributed by atoms with Gasteiger partial charge in [0.15, 0.2) is 0 Å². The Morgan fingerprint density at radius 3 is 2.46 bits per heavy atom. The zero-order valence-electron chi connectivity index (χ0n) is 6.94. The number of rotatable bonds is 2. The summed E-state index contributed by atoms with van der Waals surface area (Å²) in [6.07, 6.45) is 0. The third-order valence-electron chi connectivity index (χ3n) is 1.61. The van der Waals surface area contributed by atoms with Crippen molar-refractivity contribution in [3.63, 3.8) is 0 Å². The van der Waals surface area contributed by atoms with Gasteiger partial charge in [0.25, 0.3) is 0 Å². The van der Waals surface area contributed by atoms with Crippen molar-refractivity contribution in [1.82, 2.24) is 0 Å². The molecule has 0 atom stereocenters. The summed E-state index contributed by atoms with van der Waals surface area (Å²) in [6.45, 7) is 0. The van der Waals surface area contributed by atoms with Crippen LogP contribution in [0.4, 0.5) is 5.69 Å². The first-order valence-electron chi connectivity index (χ1n) is 3.92. The van der Waals surface area contributed by atoms with E-state index < -0.39 is 0 Å². The molecule has 0 saturated carbocycles. The molecule has 0 fully saturated rings. The number of thiophene rings is 1. The summed E-state index contributed by atoms with van der Waals surface area (Å²) in [5.74, 6) is 0.816. The van der Waals surface area contributed by atoms with Crippen LogP contribution in [0, 0.1) is 0 Å². The van der Waals surface area contributed by atoms with Crippen molar-refractivity contribution in [2.75, 3.05) is 5.73 Å². The maximum Gasteiger partial charge on any atom is 0.203 e. The highest BCUT2D eigenvalue weighted by Crippen LogP contribution is 2.32. The van der Waals surface area contributed by atoms with E-state index in [0.717, 1.165) is 10.8 Å². The molecule has 0 radical (unpaired) electrons. The van der Waals surface area contributed by atoms with E-state index in [0.29, 0.717) is 5.69 Å². The van der Waals surface area contributed by atoms with Gasteiger partial charge in [0.2, 0.25) is 5.06 Å². The van der Waals surface area contributed by atoms with Gasteiger partial charge < -0.3 is 10.5 Å². The fraction of sp³-hybridized carbons (Fsp3) is 0. The minimum atomic E-state index is 0.689. The molecule has 0 unspecified atom stereocenters. The number of anilines is 1. The predicted molar refractivity (Wildman–Crippen MR) is 55.2 cm³/mol. The second kappa shape index (κ2) is 3.49. The lowest BCUT2D eigenvalue weighted by molar-refractivity contribution is 0.499. The number of benzene rings is 1. The van der Waals surface area contributed by atoms with Crippen LogP contribution in [0.3, 0.4) is 0 Å². The highest BCUT2D eigenvalue weighted by atomic mass is 32.1. The van der Waals surface area contributed by atoms with Crippen molar-refractivity contribution >= 4 is 17.0 Å². The summed E-state index contributed by atoms with van der Waals surface area (Å²) < 4.78 is 5.54. The quantitative estimate of drug-likeness (QED) is 0.791. The first kappa shape index (κ1) is 8.13. The normalized spacial score (nSPS) is 9.85. The van der Waals surface area contributed by atoms with Crippen LogP contribution >= 0.6 is 11.3 Å². The molecular weight excluding hydrogens is 182 g/mol. The summed E-state index contributed by atoms with van der Waals surface area (Å²) in [4.78, 5) is 0. The zero-order chi connectivity index (χ0) is 9.10. The van der Waals surface area contributed by atoms with E-state index in [2.05, 4.69) is 0 Å². The number of para-hydroxylation sites is 1. The van der Waals surface area contributed by atoms with Crippen LogP contribution in [0.15, 0.2) is 41.8 Å². The van der Waals surface area contributed by atoms with E-state index in [1.165, 1.54) is 11.3 Å². The van der Waals surface area contributed by atoms with Crippen molar-refractivity contribution in [2.24, 2.45) is 0 Å². The fourth-order valence-electron chi connectivity index (χ4n) is 0.984. The molecule has 0 aliphatic rings. The molecule has 2 rings (SSSR count). The molecule has 0 spiro atoms. The SMILES string of the molecule is Nc1ccsc1Oc1ccccc1. The summed E-state index contributed by atoms with van der Waals surface area (Å²) in [5, 5.41) is 2.67. The monoisotopic (exact) mass is 191 g/mol. The molecule has 1 aromatic heterocycles. The molecule has 0 saturated heterocycles. The van der Waals surface area contributed by atoms with Crippen LogP contribution in [0.1, 0.15) is 0 Å². The number of hydrogen-bond donors (Lipinski definition) is 1. The lowest BCUT2D eigenvalue weighted by Gasteiger charge is -2.02. The summed E-state index contributed by atoms with van der Waals surface area (Å²) in [6, 6.07) is 11.4. The largest absolute Gasteiger partial charge is 0.444 e. The molecule has 2 nitrogen and oxygen atoms in total. The first-order chi connectivity index (χ1) is 6.36. The Morgan fingerprint density at radius 2 is 1.85 bits per heavy atom. The minimum absolute atomic E-state index is 0.689. The van der Waals surface area contributed by atoms with E-state index in [9.17, 15) is 0 Å². The number of nitrogen functional groups attached to an aromatic ring is 1. The molecule has 0 aliphatic heterocycles. The van der Waals surface area contributed by atoms with Gasteiger partial charge in [0, 0.05) is 0 Å². The Bertz CT molecular complexity index is 383. The highest BCUT2D eigenvalue weighted by Gasteiger charge is 2.01. The Balaban J connectivity index is 2.20. The lowest BCUT2D eigenvalue weighted by atomic mass is 10.3. The number of hydrogen-bond acceptors (Lipinski definition) is 3. The molecular formula is C10H9NOS. The topological polar surface area (TPSA) is 35.2 Å². The predicted octanol–water partition coefficient (Wildman–Crippen LogP) is 3.12. The lowest BCUT2D eigenvalue weighted by Crippen LogP contribution is -1.86. The van der Waals surface area contributed by atoms with Gasteiger partial charge in [-0.25, -0.2) is 0 Å². The van der Waals surface area contributed by atoms with Crippen molar-refractivity contribution in [3.8, 4) is 10.8 Å². The van der Waals surface area contributed by atoms with Crippen molar-refractivity contribution in [3.05, 3.63) is 41.8 Å². The summed E-state index contributed by atoms with van der Waals surface area (Å²) in [5.41, 5.74) is 6.36. The average molecular weight is 191 g/mol. The zero-order valence-corrected chi connectivity index (χ0v) is 7.75. The van der Waals surface area contributed by atoms with Gasteiger partial charge in [-0.15, -0.1) is 11.3 Å². The van der Waals surface area contributed by atoms with Crippen molar-refractivity contribution in [1.29, 1.82) is 0 Å². The molecule has 13 heavy (non-hydrogen) atoms. The first-order valence-corrected chi connectivity index (χ1v) is 4.80. The van der Waals surface area contributed by atoms with Crippen molar-refractivity contribution in [2.45, 2.75) is 0 Å². The van der Waals surface area contributed by atoms with Crippen LogP contribution in [-0.2, 0) is 0 Å². The van der Waals surface area contributed by atoms with Gasteiger partial charge in [-0.1, -0.05) is 18.2 Å². The third-order valence-corrected chi connectivity index (χ3v) is 2.42. The fourth-order valence-corrected chi connectivity index (χ4v) is 1.67. The van der Waals surface area contributed by atoms with Gasteiger partial charge in [-0.05, 0) is 23.6 Å². The number of ether oxygens (including phenoxy) is 1. The Morgan fingerprint density at radius 1 is 1.08 bits per heavy atom. The maximum atomic E-state index is 5.67. The summed E-state index contributed by atoms with van der Waals surface area (Å²) in [7, 11) is 0. The third kappa shape index (κ3) is 1.81. The molecule has 1 aromatic carbocycles. The summed E-state index contributed by atoms with van der Waals surface area (Å²) >= 11 is 1.50. The van der Waals surface area contributed by atoms with Crippen LogP contribution in [0.2, 0.25) is 0 Å². The van der Waals surface area contributed by atoms with Crippen LogP contribution in [0.5, 0.6) is 10.8 Å². The average Bonchev–Trinajstić information content (AvgIpc) is 2.54. The molecule has 3 heteroatoms. The molecule has 2 N–H and O–H groups in total. The molecule has 66 valence electrons. The second-order valence-corrected chi connectivity index (χ2v) is 3.46. The maximum absolute atomic E-state index is 5.67. The van der Waals surface area contributed by atoms with E-state index in [1.807, 2.05) is 41.8 Å². The van der Waals surface area contributed by atoms with Crippen LogP contribution < -0.4 is 10.5 Å². The standard InChI is InChI=1S/C10H9NOS/c11-9-6-7-13-10(9)12-8-4-2-1-3-5-8/h1-7H,11H2. The molecule has 0 aliphatic carbocycles. The van der Waals surface area contributed by atoms with Gasteiger partial charge in [0.05, 0.1) is 5.69 Å². The van der Waals surface area contributed by atoms with E-state index in [1.54, 1.807) is 0 Å². The Hall–Kier alpha value is -1.48.